The van der Waals surface area contributed by atoms with E-state index in [0.717, 1.165) is 6.54 Å². The average Bonchev–Trinajstić information content (AvgIpc) is 2.65. The van der Waals surface area contributed by atoms with Crippen molar-refractivity contribution < 1.29 is 0 Å². The van der Waals surface area contributed by atoms with Gasteiger partial charge < -0.3 is 0 Å². The van der Waals surface area contributed by atoms with Gasteiger partial charge in [-0.05, 0) is 60.8 Å². The molecule has 1 nitrogen and oxygen atoms in total. The van der Waals surface area contributed by atoms with Crippen LogP contribution in [0.4, 0.5) is 0 Å². The van der Waals surface area contributed by atoms with Crippen molar-refractivity contribution in [1.82, 2.24) is 4.90 Å². The van der Waals surface area contributed by atoms with E-state index < -0.39 is 0 Å². The summed E-state index contributed by atoms with van der Waals surface area (Å²) >= 11 is 11.5. The van der Waals surface area contributed by atoms with Crippen LogP contribution in [0.2, 0.25) is 0 Å². The van der Waals surface area contributed by atoms with E-state index in [4.69, 9.17) is 11.6 Å². The first-order valence-electron chi connectivity index (χ1n) is 5.74. The van der Waals surface area contributed by atoms with Crippen molar-refractivity contribution in [3.05, 3.63) is 20.8 Å². The summed E-state index contributed by atoms with van der Waals surface area (Å²) in [5.74, 6) is 0.716. The van der Waals surface area contributed by atoms with Crippen molar-refractivity contribution in [1.29, 1.82) is 0 Å². The molecule has 4 heteroatoms. The number of piperidine rings is 1. The molecule has 0 aliphatic carbocycles. The minimum Gasteiger partial charge on any atom is -0.298 e. The predicted molar refractivity (Wildman–Crippen MR) is 75.3 cm³/mol. The zero-order chi connectivity index (χ0) is 11.5. The smallest absolute Gasteiger partial charge is 0.0337 e. The van der Waals surface area contributed by atoms with Crippen LogP contribution in [0.3, 0.4) is 0 Å². The van der Waals surface area contributed by atoms with E-state index in [-0.39, 0.29) is 0 Å². The minimum absolute atomic E-state index is 0.332. The van der Waals surface area contributed by atoms with E-state index >= 15 is 0 Å². The molecule has 1 aliphatic heterocycles. The quantitative estimate of drug-likeness (QED) is 0.748. The molecule has 0 N–H and O–H groups in total. The van der Waals surface area contributed by atoms with E-state index in [2.05, 4.69) is 39.2 Å². The number of hydrogen-bond acceptors (Lipinski definition) is 2. The van der Waals surface area contributed by atoms with E-state index in [1.54, 1.807) is 0 Å². The van der Waals surface area contributed by atoms with Gasteiger partial charge in [0.1, 0.15) is 0 Å². The Balaban J connectivity index is 1.81. The first kappa shape index (κ1) is 12.9. The largest absolute Gasteiger partial charge is 0.298 e. The topological polar surface area (TPSA) is 3.24 Å². The second-order valence-electron chi connectivity index (χ2n) is 4.52. The fraction of sp³-hybridized carbons (Fsp3) is 0.667. The Morgan fingerprint density at radius 1 is 1.56 bits per heavy atom. The van der Waals surface area contributed by atoms with Crippen molar-refractivity contribution >= 4 is 38.9 Å². The van der Waals surface area contributed by atoms with Crippen molar-refractivity contribution in [2.24, 2.45) is 5.92 Å². The Hall–Kier alpha value is 0.430. The number of thiophene rings is 1. The summed E-state index contributed by atoms with van der Waals surface area (Å²) in [7, 11) is 0. The number of nitrogens with zero attached hydrogens (tertiary/aromatic N) is 1. The number of alkyl halides is 1. The molecule has 1 aliphatic rings. The lowest BCUT2D eigenvalue weighted by molar-refractivity contribution is 0.178. The molecule has 1 aromatic heterocycles. The Bertz CT molecular complexity index is 332. The average molecular weight is 323 g/mol. The van der Waals surface area contributed by atoms with Crippen molar-refractivity contribution in [2.75, 3.05) is 13.1 Å². The summed E-state index contributed by atoms with van der Waals surface area (Å²) in [5, 5.41) is 2.49. The lowest BCUT2D eigenvalue weighted by Crippen LogP contribution is -2.35. The first-order valence-corrected chi connectivity index (χ1v) is 7.85. The third-order valence-corrected chi connectivity index (χ3v) is 5.32. The van der Waals surface area contributed by atoms with Crippen LogP contribution in [0, 0.1) is 5.92 Å². The molecule has 1 atom stereocenters. The third-order valence-electron chi connectivity index (χ3n) is 3.28. The van der Waals surface area contributed by atoms with Crippen LogP contribution < -0.4 is 0 Å². The van der Waals surface area contributed by atoms with Crippen molar-refractivity contribution in [2.45, 2.75) is 31.7 Å². The van der Waals surface area contributed by atoms with Gasteiger partial charge in [0.2, 0.25) is 0 Å². The number of rotatable bonds is 3. The SMILES string of the molecule is CC(Cl)C1CCN(Cc2cc(Br)cs2)CC1. The molecular weight excluding hydrogens is 306 g/mol. The summed E-state index contributed by atoms with van der Waals surface area (Å²) in [6.45, 7) is 5.60. The van der Waals surface area contributed by atoms with E-state index in [1.165, 1.54) is 35.3 Å². The minimum atomic E-state index is 0.332. The normalized spacial score (nSPS) is 21.2. The summed E-state index contributed by atoms with van der Waals surface area (Å²) in [6, 6.07) is 2.22. The fourth-order valence-corrected chi connectivity index (χ4v) is 3.97. The second kappa shape index (κ2) is 5.85. The molecule has 0 saturated carbocycles. The molecule has 0 amide bonds. The van der Waals surface area contributed by atoms with Gasteiger partial charge in [-0.1, -0.05) is 0 Å². The van der Waals surface area contributed by atoms with E-state index in [1.807, 2.05) is 11.3 Å². The second-order valence-corrected chi connectivity index (χ2v) is 7.12. The van der Waals surface area contributed by atoms with Crippen LogP contribution in [0.15, 0.2) is 15.9 Å². The van der Waals surface area contributed by atoms with Gasteiger partial charge in [-0.25, -0.2) is 0 Å². The standard InChI is InChI=1S/C12H17BrClNS/c1-9(14)10-2-4-15(5-3-10)7-12-6-11(13)8-16-12/h6,8-10H,2-5,7H2,1H3. The van der Waals surface area contributed by atoms with E-state index in [9.17, 15) is 0 Å². The van der Waals surface area contributed by atoms with Crippen molar-refractivity contribution in [3.63, 3.8) is 0 Å². The molecule has 1 saturated heterocycles. The van der Waals surface area contributed by atoms with Crippen LogP contribution in [0.5, 0.6) is 0 Å². The van der Waals surface area contributed by atoms with Crippen LogP contribution in [-0.2, 0) is 6.54 Å². The van der Waals surface area contributed by atoms with Gasteiger partial charge in [-0.3, -0.25) is 4.90 Å². The number of likely N-dealkylation sites (tertiary alicyclic amines) is 1. The maximum Gasteiger partial charge on any atom is 0.0337 e. The van der Waals surface area contributed by atoms with Gasteiger partial charge in [-0.15, -0.1) is 22.9 Å². The van der Waals surface area contributed by atoms with Gasteiger partial charge in [0.05, 0.1) is 0 Å². The lowest BCUT2D eigenvalue weighted by atomic mass is 9.94. The highest BCUT2D eigenvalue weighted by Gasteiger charge is 2.22. The van der Waals surface area contributed by atoms with Crippen LogP contribution in [0.1, 0.15) is 24.6 Å². The maximum atomic E-state index is 6.15. The third kappa shape index (κ3) is 3.46. The summed E-state index contributed by atoms with van der Waals surface area (Å²) in [4.78, 5) is 3.98. The highest BCUT2D eigenvalue weighted by atomic mass is 79.9. The Morgan fingerprint density at radius 3 is 2.75 bits per heavy atom. The molecule has 1 fully saturated rings. The molecule has 2 rings (SSSR count). The predicted octanol–water partition coefficient (Wildman–Crippen LogP) is 4.35. The maximum absolute atomic E-state index is 6.15. The molecule has 0 radical (unpaired) electrons. The molecule has 0 bridgehead atoms. The highest BCUT2D eigenvalue weighted by Crippen LogP contribution is 2.26. The molecule has 1 unspecified atom stereocenters. The highest BCUT2D eigenvalue weighted by molar-refractivity contribution is 9.10. The summed E-state index contributed by atoms with van der Waals surface area (Å²) < 4.78 is 1.21. The first-order chi connectivity index (χ1) is 7.65. The molecule has 0 aromatic carbocycles. The van der Waals surface area contributed by atoms with Gasteiger partial charge in [0.15, 0.2) is 0 Å². The summed E-state index contributed by atoms with van der Waals surface area (Å²) in [6.07, 6.45) is 2.49. The zero-order valence-corrected chi connectivity index (χ0v) is 12.6. The lowest BCUT2D eigenvalue weighted by Gasteiger charge is -2.32. The molecular formula is C12H17BrClNS. The van der Waals surface area contributed by atoms with E-state index in [0.29, 0.717) is 11.3 Å². The molecule has 1 aromatic rings. The number of hydrogen-bond donors (Lipinski definition) is 0. The van der Waals surface area contributed by atoms with Gasteiger partial charge >= 0.3 is 0 Å². The molecule has 2 heterocycles. The molecule has 16 heavy (non-hydrogen) atoms. The zero-order valence-electron chi connectivity index (χ0n) is 9.46. The van der Waals surface area contributed by atoms with Crippen LogP contribution in [-0.4, -0.2) is 23.4 Å². The van der Waals surface area contributed by atoms with Crippen LogP contribution in [0.25, 0.3) is 0 Å². The Kier molecular flexibility index (Phi) is 4.71. The Labute approximate surface area is 115 Å². The van der Waals surface area contributed by atoms with Crippen LogP contribution >= 0.6 is 38.9 Å². The van der Waals surface area contributed by atoms with Gasteiger partial charge in [-0.2, -0.15) is 0 Å². The molecule has 0 spiro atoms. The molecule has 90 valence electrons. The van der Waals surface area contributed by atoms with Gasteiger partial charge in [0.25, 0.3) is 0 Å². The monoisotopic (exact) mass is 321 g/mol. The summed E-state index contributed by atoms with van der Waals surface area (Å²) in [5.41, 5.74) is 0. The van der Waals surface area contributed by atoms with Gasteiger partial charge in [0, 0.05) is 26.7 Å². The Morgan fingerprint density at radius 2 is 2.25 bits per heavy atom. The number of halogens is 2. The van der Waals surface area contributed by atoms with Crippen molar-refractivity contribution in [3.8, 4) is 0 Å². The fourth-order valence-electron chi connectivity index (χ4n) is 2.23.